The smallest absolute Gasteiger partial charge is 0.0198 e. The molecule has 0 aromatic heterocycles. The molecule has 0 spiro atoms. The van der Waals surface area contributed by atoms with E-state index in [2.05, 4.69) is 51.8 Å². The molecular formula is C19H40N2. The molecule has 0 saturated carbocycles. The Bertz CT molecular complexity index is 267. The summed E-state index contributed by atoms with van der Waals surface area (Å²) in [5, 5.41) is 3.83. The van der Waals surface area contributed by atoms with Crippen LogP contribution in [0.4, 0.5) is 0 Å². The predicted molar refractivity (Wildman–Crippen MR) is 94.8 cm³/mol. The zero-order valence-electron chi connectivity index (χ0n) is 15.5. The zero-order chi connectivity index (χ0) is 15.9. The summed E-state index contributed by atoms with van der Waals surface area (Å²) in [7, 11) is 0. The minimum atomic E-state index is 0.459. The summed E-state index contributed by atoms with van der Waals surface area (Å²) in [5.41, 5.74) is 0.459. The molecule has 0 aromatic rings. The third-order valence-electron chi connectivity index (χ3n) is 4.50. The lowest BCUT2D eigenvalue weighted by Crippen LogP contribution is -2.50. The van der Waals surface area contributed by atoms with Gasteiger partial charge in [0.15, 0.2) is 0 Å². The molecule has 2 atom stereocenters. The van der Waals surface area contributed by atoms with Crippen LogP contribution in [0.5, 0.6) is 0 Å². The Morgan fingerprint density at radius 2 is 1.90 bits per heavy atom. The first-order valence-corrected chi connectivity index (χ1v) is 9.26. The van der Waals surface area contributed by atoms with Crippen molar-refractivity contribution in [3.8, 4) is 0 Å². The van der Waals surface area contributed by atoms with Crippen LogP contribution in [-0.2, 0) is 0 Å². The molecule has 0 amide bonds. The summed E-state index contributed by atoms with van der Waals surface area (Å²) < 4.78 is 0. The van der Waals surface area contributed by atoms with Crippen LogP contribution in [0.25, 0.3) is 0 Å². The summed E-state index contributed by atoms with van der Waals surface area (Å²) in [4.78, 5) is 2.72. The van der Waals surface area contributed by atoms with Crippen molar-refractivity contribution in [3.63, 3.8) is 0 Å². The maximum atomic E-state index is 3.83. The first kappa shape index (κ1) is 19.0. The van der Waals surface area contributed by atoms with Crippen LogP contribution in [-0.4, -0.2) is 37.1 Å². The fourth-order valence-corrected chi connectivity index (χ4v) is 3.61. The normalized spacial score (nSPS) is 24.7. The Morgan fingerprint density at radius 1 is 1.19 bits per heavy atom. The van der Waals surface area contributed by atoms with Gasteiger partial charge in [-0.2, -0.15) is 0 Å². The second-order valence-corrected chi connectivity index (χ2v) is 8.81. The van der Waals surface area contributed by atoms with Gasteiger partial charge in [0.1, 0.15) is 0 Å². The molecule has 2 unspecified atom stereocenters. The molecule has 21 heavy (non-hydrogen) atoms. The molecule has 1 heterocycles. The minimum Gasteiger partial charge on any atom is -0.313 e. The molecule has 0 aromatic carbocycles. The van der Waals surface area contributed by atoms with Gasteiger partial charge in [-0.25, -0.2) is 0 Å². The second kappa shape index (κ2) is 9.15. The van der Waals surface area contributed by atoms with Gasteiger partial charge in [-0.05, 0) is 56.0 Å². The van der Waals surface area contributed by atoms with Gasteiger partial charge < -0.3 is 10.2 Å². The average Bonchev–Trinajstić information content (AvgIpc) is 2.33. The Balaban J connectivity index is 2.48. The van der Waals surface area contributed by atoms with E-state index in [1.54, 1.807) is 0 Å². The molecule has 126 valence electrons. The predicted octanol–water partition coefficient (Wildman–Crippen LogP) is 4.55. The lowest BCUT2D eigenvalue weighted by molar-refractivity contribution is 0.112. The first-order valence-electron chi connectivity index (χ1n) is 9.26. The van der Waals surface area contributed by atoms with E-state index in [1.165, 1.54) is 58.3 Å². The van der Waals surface area contributed by atoms with Gasteiger partial charge in [0, 0.05) is 19.1 Å². The maximum Gasteiger partial charge on any atom is 0.0198 e. The summed E-state index contributed by atoms with van der Waals surface area (Å²) in [6.07, 6.45) is 6.69. The van der Waals surface area contributed by atoms with E-state index in [-0.39, 0.29) is 0 Å². The van der Waals surface area contributed by atoms with E-state index in [9.17, 15) is 0 Å². The van der Waals surface area contributed by atoms with Crippen molar-refractivity contribution in [1.29, 1.82) is 0 Å². The van der Waals surface area contributed by atoms with E-state index >= 15 is 0 Å². The molecule has 1 aliphatic rings. The summed E-state index contributed by atoms with van der Waals surface area (Å²) in [6.45, 7) is 19.2. The number of hydrogen-bond donors (Lipinski definition) is 1. The SMILES string of the molecule is CCCCN1CC(CC(C)(C)C)CC(NCCC(C)C)C1. The van der Waals surface area contributed by atoms with Gasteiger partial charge in [-0.1, -0.05) is 48.0 Å². The number of piperidine rings is 1. The second-order valence-electron chi connectivity index (χ2n) is 8.81. The van der Waals surface area contributed by atoms with Crippen LogP contribution in [0.15, 0.2) is 0 Å². The van der Waals surface area contributed by atoms with Crippen molar-refractivity contribution in [3.05, 3.63) is 0 Å². The molecule has 1 rings (SSSR count). The van der Waals surface area contributed by atoms with Gasteiger partial charge >= 0.3 is 0 Å². The highest BCUT2D eigenvalue weighted by Gasteiger charge is 2.29. The molecule has 2 heteroatoms. The van der Waals surface area contributed by atoms with Crippen molar-refractivity contribution in [2.45, 2.75) is 79.7 Å². The fourth-order valence-electron chi connectivity index (χ4n) is 3.61. The highest BCUT2D eigenvalue weighted by atomic mass is 15.2. The molecule has 1 fully saturated rings. The van der Waals surface area contributed by atoms with E-state index in [4.69, 9.17) is 0 Å². The minimum absolute atomic E-state index is 0.459. The van der Waals surface area contributed by atoms with Crippen LogP contribution in [0, 0.1) is 17.3 Å². The highest BCUT2D eigenvalue weighted by Crippen LogP contribution is 2.30. The van der Waals surface area contributed by atoms with Crippen LogP contribution >= 0.6 is 0 Å². The third kappa shape index (κ3) is 8.83. The largest absolute Gasteiger partial charge is 0.313 e. The third-order valence-corrected chi connectivity index (χ3v) is 4.50. The monoisotopic (exact) mass is 296 g/mol. The number of nitrogens with zero attached hydrogens (tertiary/aromatic N) is 1. The Morgan fingerprint density at radius 3 is 2.48 bits per heavy atom. The van der Waals surface area contributed by atoms with Crippen LogP contribution in [0.1, 0.15) is 73.6 Å². The standard InChI is InChI=1S/C19H40N2/c1-7-8-11-21-14-17(13-19(4,5)6)12-18(15-21)20-10-9-16(2)3/h16-18,20H,7-15H2,1-6H3. The van der Waals surface area contributed by atoms with E-state index < -0.39 is 0 Å². The molecule has 0 radical (unpaired) electrons. The van der Waals surface area contributed by atoms with Crippen molar-refractivity contribution in [1.82, 2.24) is 10.2 Å². The fraction of sp³-hybridized carbons (Fsp3) is 1.00. The molecular weight excluding hydrogens is 256 g/mol. The van der Waals surface area contributed by atoms with Gasteiger partial charge in [-0.15, -0.1) is 0 Å². The first-order chi connectivity index (χ1) is 9.80. The maximum absolute atomic E-state index is 3.83. The molecule has 0 aliphatic carbocycles. The zero-order valence-corrected chi connectivity index (χ0v) is 15.5. The van der Waals surface area contributed by atoms with Crippen molar-refractivity contribution >= 4 is 0 Å². The van der Waals surface area contributed by atoms with Crippen LogP contribution in [0.2, 0.25) is 0 Å². The number of unbranched alkanes of at least 4 members (excludes halogenated alkanes) is 1. The van der Waals surface area contributed by atoms with Gasteiger partial charge in [0.2, 0.25) is 0 Å². The number of nitrogens with one attached hydrogen (secondary N) is 1. The summed E-state index contributed by atoms with van der Waals surface area (Å²) in [6, 6.07) is 0.710. The summed E-state index contributed by atoms with van der Waals surface area (Å²) in [5.74, 6) is 1.68. The Kier molecular flexibility index (Phi) is 8.26. The van der Waals surface area contributed by atoms with Crippen molar-refractivity contribution in [2.75, 3.05) is 26.2 Å². The number of rotatable bonds is 8. The van der Waals surface area contributed by atoms with Gasteiger partial charge in [0.25, 0.3) is 0 Å². The van der Waals surface area contributed by atoms with Crippen molar-refractivity contribution < 1.29 is 0 Å². The average molecular weight is 297 g/mol. The van der Waals surface area contributed by atoms with E-state index in [1.807, 2.05) is 0 Å². The number of likely N-dealkylation sites (tertiary alicyclic amines) is 1. The quantitative estimate of drug-likeness (QED) is 0.707. The van der Waals surface area contributed by atoms with E-state index in [0.717, 1.165) is 11.8 Å². The summed E-state index contributed by atoms with van der Waals surface area (Å²) >= 11 is 0. The topological polar surface area (TPSA) is 15.3 Å². The van der Waals surface area contributed by atoms with Crippen LogP contribution < -0.4 is 5.32 Å². The van der Waals surface area contributed by atoms with Gasteiger partial charge in [-0.3, -0.25) is 0 Å². The van der Waals surface area contributed by atoms with Gasteiger partial charge in [0.05, 0.1) is 0 Å². The van der Waals surface area contributed by atoms with Crippen LogP contribution in [0.3, 0.4) is 0 Å². The molecule has 0 bridgehead atoms. The molecule has 1 aliphatic heterocycles. The number of hydrogen-bond acceptors (Lipinski definition) is 2. The molecule has 2 nitrogen and oxygen atoms in total. The lowest BCUT2D eigenvalue weighted by atomic mass is 9.80. The molecule has 1 saturated heterocycles. The highest BCUT2D eigenvalue weighted by molar-refractivity contribution is 4.85. The Hall–Kier alpha value is -0.0800. The van der Waals surface area contributed by atoms with E-state index in [0.29, 0.717) is 11.5 Å². The Labute approximate surface area is 134 Å². The lowest BCUT2D eigenvalue weighted by Gasteiger charge is -2.40. The van der Waals surface area contributed by atoms with Crippen molar-refractivity contribution in [2.24, 2.45) is 17.3 Å². The molecule has 1 N–H and O–H groups in total.